The van der Waals surface area contributed by atoms with Gasteiger partial charge in [0.05, 0.1) is 11.8 Å². The van der Waals surface area contributed by atoms with E-state index in [0.717, 1.165) is 33.9 Å². The largest absolute Gasteiger partial charge is 0.484 e. The molecule has 1 heterocycles. The number of nitrogens with zero attached hydrogens (tertiary/aromatic N) is 2. The van der Waals surface area contributed by atoms with Crippen molar-refractivity contribution in [3.8, 4) is 5.75 Å². The number of halogens is 1. The molecule has 168 valence electrons. The second-order valence-corrected chi connectivity index (χ2v) is 8.53. The molecule has 0 saturated carbocycles. The molecular weight excluding hydrogens is 448 g/mol. The molecule has 0 fully saturated rings. The number of aldehydes is 1. The molecule has 1 atom stereocenters. The molecule has 0 bridgehead atoms. The van der Waals surface area contributed by atoms with Gasteiger partial charge in [0.1, 0.15) is 12.0 Å². The quantitative estimate of drug-likeness (QED) is 0.323. The summed E-state index contributed by atoms with van der Waals surface area (Å²) in [4.78, 5) is 24.0. The SMILES string of the molecule is O=Cc1ccc(OCC(=O)N2N=C(c3ccc4ccccc4c3)CC2c2ccc(Cl)cc2)cc1. The molecule has 0 spiro atoms. The Hall–Kier alpha value is -3.96. The summed E-state index contributed by atoms with van der Waals surface area (Å²) in [5, 5.41) is 9.15. The molecule has 34 heavy (non-hydrogen) atoms. The molecule has 1 aliphatic heterocycles. The van der Waals surface area contributed by atoms with Crippen LogP contribution in [0, 0.1) is 0 Å². The number of carbonyl (C=O) groups excluding carboxylic acids is 2. The molecule has 4 aromatic carbocycles. The van der Waals surface area contributed by atoms with Crippen molar-refractivity contribution < 1.29 is 14.3 Å². The van der Waals surface area contributed by atoms with E-state index >= 15 is 0 Å². The Bertz CT molecular complexity index is 1380. The number of hydrogen-bond acceptors (Lipinski definition) is 4. The van der Waals surface area contributed by atoms with E-state index in [0.29, 0.717) is 22.8 Å². The number of amides is 1. The van der Waals surface area contributed by atoms with Crippen LogP contribution in [0.2, 0.25) is 5.02 Å². The van der Waals surface area contributed by atoms with E-state index in [2.05, 4.69) is 24.3 Å². The molecule has 5 nitrogen and oxygen atoms in total. The average Bonchev–Trinajstić information content (AvgIpc) is 3.33. The third kappa shape index (κ3) is 4.56. The maximum atomic E-state index is 13.2. The second kappa shape index (κ2) is 9.49. The predicted octanol–water partition coefficient (Wildman–Crippen LogP) is 6.06. The molecule has 4 aromatic rings. The summed E-state index contributed by atoms with van der Waals surface area (Å²) in [5.41, 5.74) is 3.32. The number of carbonyl (C=O) groups is 2. The highest BCUT2D eigenvalue weighted by molar-refractivity contribution is 6.30. The highest BCUT2D eigenvalue weighted by Crippen LogP contribution is 2.34. The number of hydrazone groups is 1. The van der Waals surface area contributed by atoms with Crippen LogP contribution >= 0.6 is 11.6 Å². The first kappa shape index (κ1) is 21.9. The number of ether oxygens (including phenoxy) is 1. The first-order valence-corrected chi connectivity index (χ1v) is 11.3. The van der Waals surface area contributed by atoms with E-state index in [9.17, 15) is 9.59 Å². The Morgan fingerprint density at radius 1 is 0.971 bits per heavy atom. The Kier molecular flexibility index (Phi) is 6.11. The van der Waals surface area contributed by atoms with Gasteiger partial charge in [-0.05, 0) is 64.4 Å². The Morgan fingerprint density at radius 2 is 1.71 bits per heavy atom. The van der Waals surface area contributed by atoms with Crippen molar-refractivity contribution >= 4 is 40.3 Å². The summed E-state index contributed by atoms with van der Waals surface area (Å²) in [5.74, 6) is 0.259. The summed E-state index contributed by atoms with van der Waals surface area (Å²) < 4.78 is 5.68. The average molecular weight is 469 g/mol. The smallest absolute Gasteiger partial charge is 0.281 e. The normalized spacial score (nSPS) is 15.3. The maximum absolute atomic E-state index is 13.2. The van der Waals surface area contributed by atoms with Gasteiger partial charge in [-0.1, -0.05) is 60.1 Å². The molecule has 0 radical (unpaired) electrons. The second-order valence-electron chi connectivity index (χ2n) is 8.09. The minimum absolute atomic E-state index is 0.168. The highest BCUT2D eigenvalue weighted by Gasteiger charge is 2.33. The van der Waals surface area contributed by atoms with E-state index in [1.807, 2.05) is 42.5 Å². The molecule has 0 N–H and O–H groups in total. The lowest BCUT2D eigenvalue weighted by Gasteiger charge is -2.22. The predicted molar refractivity (Wildman–Crippen MR) is 133 cm³/mol. The van der Waals surface area contributed by atoms with Crippen LogP contribution in [0.1, 0.15) is 33.9 Å². The summed E-state index contributed by atoms with van der Waals surface area (Å²) in [6, 6.07) is 28.2. The molecule has 0 saturated heterocycles. The molecular formula is C28H21ClN2O3. The van der Waals surface area contributed by atoms with Crippen LogP contribution in [-0.2, 0) is 4.79 Å². The van der Waals surface area contributed by atoms with Crippen molar-refractivity contribution in [1.82, 2.24) is 5.01 Å². The van der Waals surface area contributed by atoms with Crippen molar-refractivity contribution in [3.63, 3.8) is 0 Å². The Balaban J connectivity index is 1.42. The third-order valence-corrected chi connectivity index (χ3v) is 6.13. The lowest BCUT2D eigenvalue weighted by atomic mass is 9.97. The van der Waals surface area contributed by atoms with Crippen molar-refractivity contribution in [2.45, 2.75) is 12.5 Å². The summed E-state index contributed by atoms with van der Waals surface area (Å²) >= 11 is 6.09. The standard InChI is InChI=1S/C28H21ClN2O3/c29-24-11-9-21(10-12-24)27-16-26(23-8-7-20-3-1-2-4-22(20)15-23)30-31(27)28(33)18-34-25-13-5-19(17-32)6-14-25/h1-15,17,27H,16,18H2. The Morgan fingerprint density at radius 3 is 2.44 bits per heavy atom. The molecule has 0 aliphatic carbocycles. The fourth-order valence-corrected chi connectivity index (χ4v) is 4.21. The fraction of sp³-hybridized carbons (Fsp3) is 0.107. The molecule has 1 unspecified atom stereocenters. The molecule has 6 heteroatoms. The topological polar surface area (TPSA) is 59.0 Å². The maximum Gasteiger partial charge on any atom is 0.281 e. The van der Waals surface area contributed by atoms with Gasteiger partial charge in [-0.3, -0.25) is 9.59 Å². The van der Waals surface area contributed by atoms with Crippen LogP contribution in [0.3, 0.4) is 0 Å². The van der Waals surface area contributed by atoms with Gasteiger partial charge in [-0.25, -0.2) is 5.01 Å². The summed E-state index contributed by atoms with van der Waals surface area (Å²) in [6.07, 6.45) is 1.35. The molecule has 1 aliphatic rings. The van der Waals surface area contributed by atoms with E-state index in [-0.39, 0.29) is 18.6 Å². The lowest BCUT2D eigenvalue weighted by Crippen LogP contribution is -2.31. The first-order chi connectivity index (χ1) is 16.6. The van der Waals surface area contributed by atoms with Crippen LogP contribution in [0.15, 0.2) is 96.1 Å². The molecule has 1 amide bonds. The summed E-state index contributed by atoms with van der Waals surface area (Å²) in [6.45, 7) is -0.168. The van der Waals surface area contributed by atoms with Gasteiger partial charge < -0.3 is 4.74 Å². The number of rotatable bonds is 6. The van der Waals surface area contributed by atoms with E-state index in [4.69, 9.17) is 21.4 Å². The van der Waals surface area contributed by atoms with E-state index < -0.39 is 0 Å². The highest BCUT2D eigenvalue weighted by atomic mass is 35.5. The van der Waals surface area contributed by atoms with Crippen LogP contribution in [0.25, 0.3) is 10.8 Å². The zero-order valence-corrected chi connectivity index (χ0v) is 19.0. The van der Waals surface area contributed by atoms with Crippen LogP contribution in [-0.4, -0.2) is 29.5 Å². The minimum atomic E-state index is -0.257. The zero-order chi connectivity index (χ0) is 23.5. The van der Waals surface area contributed by atoms with Crippen molar-refractivity contribution in [2.24, 2.45) is 5.10 Å². The zero-order valence-electron chi connectivity index (χ0n) is 18.2. The van der Waals surface area contributed by atoms with Crippen molar-refractivity contribution in [2.75, 3.05) is 6.61 Å². The summed E-state index contributed by atoms with van der Waals surface area (Å²) in [7, 11) is 0. The van der Waals surface area contributed by atoms with Crippen LogP contribution in [0.4, 0.5) is 0 Å². The third-order valence-electron chi connectivity index (χ3n) is 5.88. The van der Waals surface area contributed by atoms with Gasteiger partial charge >= 0.3 is 0 Å². The Labute approximate surface area is 202 Å². The first-order valence-electron chi connectivity index (χ1n) is 10.9. The van der Waals surface area contributed by atoms with Gasteiger partial charge in [0.25, 0.3) is 5.91 Å². The van der Waals surface area contributed by atoms with Gasteiger partial charge in [0.2, 0.25) is 0 Å². The van der Waals surface area contributed by atoms with Gasteiger partial charge in [-0.15, -0.1) is 0 Å². The number of hydrogen-bond donors (Lipinski definition) is 0. The van der Waals surface area contributed by atoms with E-state index in [1.165, 1.54) is 5.01 Å². The van der Waals surface area contributed by atoms with Crippen molar-refractivity contribution in [3.05, 3.63) is 113 Å². The fourth-order valence-electron chi connectivity index (χ4n) is 4.08. The number of benzene rings is 4. The van der Waals surface area contributed by atoms with Gasteiger partial charge in [0, 0.05) is 17.0 Å². The lowest BCUT2D eigenvalue weighted by molar-refractivity contribution is -0.135. The molecule has 5 rings (SSSR count). The van der Waals surface area contributed by atoms with Gasteiger partial charge in [0.15, 0.2) is 6.61 Å². The van der Waals surface area contributed by atoms with E-state index in [1.54, 1.807) is 24.3 Å². The van der Waals surface area contributed by atoms with Gasteiger partial charge in [-0.2, -0.15) is 5.10 Å². The minimum Gasteiger partial charge on any atom is -0.484 e. The van der Waals surface area contributed by atoms with Crippen LogP contribution < -0.4 is 4.74 Å². The van der Waals surface area contributed by atoms with Crippen LogP contribution in [0.5, 0.6) is 5.75 Å². The number of fused-ring (bicyclic) bond motifs is 1. The molecule has 0 aromatic heterocycles. The van der Waals surface area contributed by atoms with Crippen molar-refractivity contribution in [1.29, 1.82) is 0 Å². The monoisotopic (exact) mass is 468 g/mol.